The monoisotopic (exact) mass is 536 g/mol. The van der Waals surface area contributed by atoms with Gasteiger partial charge in [0.1, 0.15) is 17.6 Å². The molecule has 2 aliphatic rings. The second-order valence-corrected chi connectivity index (χ2v) is 9.88. The molecule has 3 aromatic carbocycles. The van der Waals surface area contributed by atoms with Crippen molar-refractivity contribution in [1.29, 1.82) is 0 Å². The van der Waals surface area contributed by atoms with Gasteiger partial charge in [-0.2, -0.15) is 0 Å². The largest absolute Gasteiger partial charge is 0.504 e. The second kappa shape index (κ2) is 10.9. The highest BCUT2D eigenvalue weighted by Crippen LogP contribution is 2.51. The van der Waals surface area contributed by atoms with Crippen LogP contribution in [0.2, 0.25) is 0 Å². The van der Waals surface area contributed by atoms with Crippen molar-refractivity contribution < 1.29 is 43.8 Å². The zero-order chi connectivity index (χ0) is 27.7. The molecule has 2 heterocycles. The minimum atomic E-state index is -0.516. The number of hydrogen-bond donors (Lipinski definition) is 3. The van der Waals surface area contributed by atoms with Gasteiger partial charge in [0, 0.05) is 11.5 Å². The summed E-state index contributed by atoms with van der Waals surface area (Å²) in [4.78, 5) is 12.8. The minimum absolute atomic E-state index is 0.0147. The summed E-state index contributed by atoms with van der Waals surface area (Å²) in [5.74, 6) is 0.831. The van der Waals surface area contributed by atoms with Crippen molar-refractivity contribution in [2.45, 2.75) is 24.9 Å². The Bertz CT molecular complexity index is 1370. The number of ether oxygens (including phenoxy) is 5. The van der Waals surface area contributed by atoms with Crippen molar-refractivity contribution in [2.75, 3.05) is 34.5 Å². The highest BCUT2D eigenvalue weighted by Gasteiger charge is 2.40. The number of aliphatic hydroxyl groups excluding tert-OH is 1. The summed E-state index contributed by atoms with van der Waals surface area (Å²) in [5, 5.41) is 30.2. The van der Waals surface area contributed by atoms with Crippen molar-refractivity contribution in [3.63, 3.8) is 0 Å². The zero-order valence-corrected chi connectivity index (χ0v) is 22.0. The van der Waals surface area contributed by atoms with Crippen molar-refractivity contribution >= 4 is 5.97 Å². The third-order valence-corrected chi connectivity index (χ3v) is 7.61. The van der Waals surface area contributed by atoms with Crippen LogP contribution in [0.5, 0.6) is 34.5 Å². The molecule has 1 fully saturated rings. The topological polar surface area (TPSA) is 124 Å². The van der Waals surface area contributed by atoms with Crippen LogP contribution in [0, 0.1) is 11.8 Å². The number of carbonyl (C=O) groups excluding carboxylic acids is 1. The van der Waals surface area contributed by atoms with Crippen LogP contribution in [-0.2, 0) is 22.4 Å². The van der Waals surface area contributed by atoms with Crippen LogP contribution in [-0.4, -0.2) is 55.8 Å². The molecule has 3 N–H and O–H groups in total. The first-order valence-electron chi connectivity index (χ1n) is 12.7. The van der Waals surface area contributed by atoms with E-state index in [4.69, 9.17) is 23.7 Å². The number of hydrogen-bond acceptors (Lipinski definition) is 9. The van der Waals surface area contributed by atoms with Crippen molar-refractivity contribution in [3.05, 3.63) is 70.8 Å². The van der Waals surface area contributed by atoms with E-state index in [2.05, 4.69) is 0 Å². The SMILES string of the molecule is COc1cc(CC2COC(=O)C2Cc2cc(OC)c3c(c2)OC(c2ccc(O)c(OC)c2)C3CO)ccc1O. The molecule has 0 aliphatic carbocycles. The van der Waals surface area contributed by atoms with E-state index in [1.165, 1.54) is 20.3 Å². The van der Waals surface area contributed by atoms with Crippen molar-refractivity contribution in [2.24, 2.45) is 11.8 Å². The zero-order valence-electron chi connectivity index (χ0n) is 22.0. The quantitative estimate of drug-likeness (QED) is 0.349. The number of phenolic OH excluding ortho intramolecular Hbond substituents is 2. The number of benzene rings is 3. The number of carbonyl (C=O) groups is 1. The fraction of sp³-hybridized carbons (Fsp3) is 0.367. The number of fused-ring (bicyclic) bond motifs is 1. The molecule has 0 aromatic heterocycles. The Kier molecular flexibility index (Phi) is 7.43. The Morgan fingerprint density at radius 3 is 2.18 bits per heavy atom. The maximum atomic E-state index is 12.8. The van der Waals surface area contributed by atoms with Gasteiger partial charge >= 0.3 is 5.97 Å². The van der Waals surface area contributed by atoms with E-state index in [1.807, 2.05) is 18.2 Å². The van der Waals surface area contributed by atoms with Gasteiger partial charge in [-0.1, -0.05) is 12.1 Å². The first kappa shape index (κ1) is 26.5. The molecule has 0 bridgehead atoms. The molecular formula is C30H32O9. The predicted molar refractivity (Wildman–Crippen MR) is 141 cm³/mol. The van der Waals surface area contributed by atoms with Crippen LogP contribution < -0.4 is 18.9 Å². The molecule has 1 saturated heterocycles. The summed E-state index contributed by atoms with van der Waals surface area (Å²) in [6, 6.07) is 13.9. The highest BCUT2D eigenvalue weighted by molar-refractivity contribution is 5.75. The summed E-state index contributed by atoms with van der Waals surface area (Å²) in [6.45, 7) is 0.131. The molecule has 0 spiro atoms. The van der Waals surface area contributed by atoms with Crippen LogP contribution >= 0.6 is 0 Å². The molecule has 39 heavy (non-hydrogen) atoms. The lowest BCUT2D eigenvalue weighted by molar-refractivity contribution is -0.141. The number of cyclic esters (lactones) is 1. The Morgan fingerprint density at radius 1 is 0.821 bits per heavy atom. The van der Waals surface area contributed by atoms with Crippen LogP contribution in [0.3, 0.4) is 0 Å². The molecule has 4 unspecified atom stereocenters. The standard InChI is InChI=1S/C30H32O9/c1-35-24-10-16(4-6-22(24)32)8-19-15-38-30(34)20(19)9-17-11-26(37-3)28-21(14-31)29(39-27(28)12-17)18-5-7-23(33)25(13-18)36-2/h4-7,10-13,19-21,29,31-33H,8-9,14-15H2,1-3H3. The average Bonchev–Trinajstić information content (AvgIpc) is 3.49. The van der Waals surface area contributed by atoms with E-state index in [0.29, 0.717) is 42.4 Å². The minimum Gasteiger partial charge on any atom is -0.504 e. The molecule has 5 rings (SSSR count). The van der Waals surface area contributed by atoms with E-state index in [1.54, 1.807) is 31.4 Å². The molecule has 9 nitrogen and oxygen atoms in total. The predicted octanol–water partition coefficient (Wildman–Crippen LogP) is 3.91. The smallest absolute Gasteiger partial charge is 0.309 e. The van der Waals surface area contributed by atoms with E-state index < -0.39 is 12.0 Å². The Morgan fingerprint density at radius 2 is 1.49 bits per heavy atom. The number of aromatic hydroxyl groups is 2. The molecule has 0 saturated carbocycles. The number of esters is 1. The van der Waals surface area contributed by atoms with E-state index in [0.717, 1.165) is 22.3 Å². The lowest BCUT2D eigenvalue weighted by Crippen LogP contribution is -2.20. The van der Waals surface area contributed by atoms with Gasteiger partial charge in [-0.05, 0) is 65.9 Å². The molecule has 0 radical (unpaired) electrons. The summed E-state index contributed by atoms with van der Waals surface area (Å²) in [5.41, 5.74) is 3.28. The summed E-state index contributed by atoms with van der Waals surface area (Å²) < 4.78 is 28.0. The molecule has 3 aromatic rings. The average molecular weight is 537 g/mol. The maximum absolute atomic E-state index is 12.8. The molecule has 2 aliphatic heterocycles. The highest BCUT2D eigenvalue weighted by atomic mass is 16.5. The summed E-state index contributed by atoms with van der Waals surface area (Å²) in [6.07, 6.45) is 0.494. The number of rotatable bonds is 9. The molecule has 206 valence electrons. The summed E-state index contributed by atoms with van der Waals surface area (Å²) >= 11 is 0. The fourth-order valence-electron chi connectivity index (χ4n) is 5.60. The second-order valence-electron chi connectivity index (χ2n) is 9.88. The normalized spacial score (nSPS) is 21.7. The maximum Gasteiger partial charge on any atom is 0.309 e. The van der Waals surface area contributed by atoms with E-state index >= 15 is 0 Å². The number of phenols is 2. The third kappa shape index (κ3) is 5.02. The van der Waals surface area contributed by atoms with Crippen LogP contribution in [0.25, 0.3) is 0 Å². The van der Waals surface area contributed by atoms with Crippen molar-refractivity contribution in [3.8, 4) is 34.5 Å². The molecule has 4 atom stereocenters. The summed E-state index contributed by atoms with van der Waals surface area (Å²) in [7, 11) is 4.54. The molecule has 9 heteroatoms. The van der Waals surface area contributed by atoms with Gasteiger partial charge in [-0.15, -0.1) is 0 Å². The van der Waals surface area contributed by atoms with Crippen LogP contribution in [0.15, 0.2) is 48.5 Å². The third-order valence-electron chi connectivity index (χ3n) is 7.61. The fourth-order valence-corrected chi connectivity index (χ4v) is 5.60. The Labute approximate surface area is 226 Å². The van der Waals surface area contributed by atoms with Crippen LogP contribution in [0.1, 0.15) is 34.3 Å². The van der Waals surface area contributed by atoms with E-state index in [-0.39, 0.29) is 35.9 Å². The first-order valence-corrected chi connectivity index (χ1v) is 12.7. The lowest BCUT2D eigenvalue weighted by Gasteiger charge is -2.19. The van der Waals surface area contributed by atoms with Gasteiger partial charge in [-0.25, -0.2) is 0 Å². The van der Waals surface area contributed by atoms with Gasteiger partial charge in [0.15, 0.2) is 23.0 Å². The van der Waals surface area contributed by atoms with E-state index in [9.17, 15) is 20.1 Å². The Balaban J connectivity index is 1.41. The van der Waals surface area contributed by atoms with Gasteiger partial charge in [-0.3, -0.25) is 4.79 Å². The van der Waals surface area contributed by atoms with Gasteiger partial charge in [0.25, 0.3) is 0 Å². The Hall–Kier alpha value is -4.11. The van der Waals surface area contributed by atoms with Gasteiger partial charge in [0.05, 0.1) is 46.4 Å². The van der Waals surface area contributed by atoms with Gasteiger partial charge in [0.2, 0.25) is 0 Å². The first-order chi connectivity index (χ1) is 18.9. The number of aliphatic hydroxyl groups is 1. The molecule has 0 amide bonds. The lowest BCUT2D eigenvalue weighted by atomic mass is 9.84. The van der Waals surface area contributed by atoms with Crippen molar-refractivity contribution in [1.82, 2.24) is 0 Å². The number of methoxy groups -OCH3 is 3. The molecular weight excluding hydrogens is 504 g/mol. The van der Waals surface area contributed by atoms with Crippen LogP contribution in [0.4, 0.5) is 0 Å². The van der Waals surface area contributed by atoms with Gasteiger partial charge < -0.3 is 39.0 Å².